The maximum absolute atomic E-state index is 11.9. The van der Waals surface area contributed by atoms with Crippen molar-refractivity contribution in [1.82, 2.24) is 5.32 Å². The third-order valence-corrected chi connectivity index (χ3v) is 3.58. The van der Waals surface area contributed by atoms with E-state index in [2.05, 4.69) is 12.2 Å². The lowest BCUT2D eigenvalue weighted by molar-refractivity contribution is -0.121. The van der Waals surface area contributed by atoms with E-state index in [4.69, 9.17) is 10.5 Å². The second-order valence-corrected chi connectivity index (χ2v) is 5.34. The molecule has 0 spiro atoms. The number of halogens is 1. The van der Waals surface area contributed by atoms with Crippen LogP contribution < -0.4 is 15.8 Å². The Balaban J connectivity index is 0.00000441. The number of unbranched alkanes of at least 4 members (excludes halogenated alkanes) is 1. The molecule has 0 fully saturated rings. The molecule has 0 aliphatic carbocycles. The van der Waals surface area contributed by atoms with E-state index in [1.165, 1.54) is 5.56 Å². The molecule has 3 N–H and O–H groups in total. The number of methoxy groups -OCH3 is 1. The van der Waals surface area contributed by atoms with Gasteiger partial charge < -0.3 is 15.8 Å². The summed E-state index contributed by atoms with van der Waals surface area (Å²) >= 11 is 0. The quantitative estimate of drug-likeness (QED) is 0.693. The van der Waals surface area contributed by atoms with Gasteiger partial charge >= 0.3 is 0 Å². The summed E-state index contributed by atoms with van der Waals surface area (Å²) in [5.74, 6) is 0.966. The molecule has 0 aromatic heterocycles. The van der Waals surface area contributed by atoms with E-state index < -0.39 is 0 Å². The van der Waals surface area contributed by atoms with E-state index in [9.17, 15) is 4.79 Å². The van der Waals surface area contributed by atoms with Crippen molar-refractivity contribution in [2.24, 2.45) is 5.73 Å². The lowest BCUT2D eigenvalue weighted by Crippen LogP contribution is -2.40. The van der Waals surface area contributed by atoms with Crippen molar-refractivity contribution in [3.63, 3.8) is 0 Å². The maximum atomic E-state index is 11.9. The number of hydrogen-bond donors (Lipinski definition) is 2. The minimum atomic E-state index is 0. The molecule has 0 bridgehead atoms. The molecule has 126 valence electrons. The molecule has 1 atom stereocenters. The normalized spacial score (nSPS) is 11.4. The van der Waals surface area contributed by atoms with Crippen LogP contribution in [0.4, 0.5) is 0 Å². The van der Waals surface area contributed by atoms with Gasteiger partial charge in [-0.1, -0.05) is 31.9 Å². The number of benzene rings is 1. The van der Waals surface area contributed by atoms with Gasteiger partial charge in [-0.25, -0.2) is 0 Å². The van der Waals surface area contributed by atoms with Crippen molar-refractivity contribution < 1.29 is 9.53 Å². The molecule has 0 saturated carbocycles. The van der Waals surface area contributed by atoms with E-state index >= 15 is 0 Å². The number of nitrogens with two attached hydrogens (primary N) is 1. The zero-order chi connectivity index (χ0) is 15.5. The number of aryl methyl sites for hydroxylation is 1. The second-order valence-electron chi connectivity index (χ2n) is 5.34. The molecule has 0 radical (unpaired) electrons. The van der Waals surface area contributed by atoms with Crippen LogP contribution in [-0.4, -0.2) is 25.6 Å². The minimum absolute atomic E-state index is 0. The molecule has 1 aromatic rings. The van der Waals surface area contributed by atoms with E-state index in [1.54, 1.807) is 7.11 Å². The first-order valence-corrected chi connectivity index (χ1v) is 7.82. The molecule has 0 aliphatic heterocycles. The molecule has 1 aromatic carbocycles. The third-order valence-electron chi connectivity index (χ3n) is 3.58. The lowest BCUT2D eigenvalue weighted by Gasteiger charge is -2.16. The number of ether oxygens (including phenoxy) is 1. The van der Waals surface area contributed by atoms with Crippen molar-refractivity contribution in [3.05, 3.63) is 29.8 Å². The Morgan fingerprint density at radius 1 is 1.27 bits per heavy atom. The molecular formula is C17H29ClN2O2. The predicted octanol–water partition coefficient (Wildman–Crippen LogP) is 3.07. The molecule has 0 aliphatic rings. The van der Waals surface area contributed by atoms with E-state index in [0.29, 0.717) is 13.0 Å². The van der Waals surface area contributed by atoms with Crippen LogP contribution in [-0.2, 0) is 11.2 Å². The third kappa shape index (κ3) is 8.25. The fraction of sp³-hybridized carbons (Fsp3) is 0.588. The zero-order valence-electron chi connectivity index (χ0n) is 13.6. The van der Waals surface area contributed by atoms with Crippen LogP contribution >= 0.6 is 12.4 Å². The number of amides is 1. The van der Waals surface area contributed by atoms with Gasteiger partial charge in [0.1, 0.15) is 5.75 Å². The summed E-state index contributed by atoms with van der Waals surface area (Å²) in [6.45, 7) is 2.66. The topological polar surface area (TPSA) is 64.3 Å². The summed E-state index contributed by atoms with van der Waals surface area (Å²) in [4.78, 5) is 11.9. The van der Waals surface area contributed by atoms with Gasteiger partial charge in [-0.2, -0.15) is 0 Å². The lowest BCUT2D eigenvalue weighted by atomic mass is 10.1. The molecule has 4 nitrogen and oxygen atoms in total. The van der Waals surface area contributed by atoms with Crippen molar-refractivity contribution in [1.29, 1.82) is 0 Å². The number of hydrogen-bond acceptors (Lipinski definition) is 3. The van der Waals surface area contributed by atoms with Gasteiger partial charge in [-0.15, -0.1) is 12.4 Å². The zero-order valence-corrected chi connectivity index (χ0v) is 14.5. The Hall–Kier alpha value is -1.26. The Bertz CT molecular complexity index is 410. The molecule has 0 heterocycles. The van der Waals surface area contributed by atoms with Crippen molar-refractivity contribution in [2.75, 3.05) is 13.7 Å². The van der Waals surface area contributed by atoms with E-state index in [-0.39, 0.29) is 24.4 Å². The first-order chi connectivity index (χ1) is 10.2. The van der Waals surface area contributed by atoms with Gasteiger partial charge in [0.2, 0.25) is 5.91 Å². The van der Waals surface area contributed by atoms with Gasteiger partial charge in [0, 0.05) is 19.0 Å². The second kappa shape index (κ2) is 12.3. The van der Waals surface area contributed by atoms with Crippen LogP contribution in [0.15, 0.2) is 24.3 Å². The number of carbonyl (C=O) groups is 1. The van der Waals surface area contributed by atoms with E-state index in [1.807, 2.05) is 24.3 Å². The predicted molar refractivity (Wildman–Crippen MR) is 93.7 cm³/mol. The highest BCUT2D eigenvalue weighted by molar-refractivity contribution is 5.85. The summed E-state index contributed by atoms with van der Waals surface area (Å²) in [5.41, 5.74) is 6.91. The van der Waals surface area contributed by atoms with E-state index in [0.717, 1.165) is 37.9 Å². The summed E-state index contributed by atoms with van der Waals surface area (Å²) < 4.78 is 5.12. The Morgan fingerprint density at radius 2 is 1.95 bits per heavy atom. The maximum Gasteiger partial charge on any atom is 0.220 e. The fourth-order valence-corrected chi connectivity index (χ4v) is 2.24. The van der Waals surface area contributed by atoms with Crippen molar-refractivity contribution >= 4 is 18.3 Å². The Morgan fingerprint density at radius 3 is 2.50 bits per heavy atom. The SMILES string of the molecule is CCCCC(CN)NC(=O)CCCc1ccc(OC)cc1.Cl. The molecule has 5 heteroatoms. The molecule has 1 amide bonds. The highest BCUT2D eigenvalue weighted by Crippen LogP contribution is 2.13. The number of nitrogens with one attached hydrogen (secondary N) is 1. The fourth-order valence-electron chi connectivity index (χ4n) is 2.24. The highest BCUT2D eigenvalue weighted by atomic mass is 35.5. The van der Waals surface area contributed by atoms with Crippen LogP contribution in [0.25, 0.3) is 0 Å². The Labute approximate surface area is 140 Å². The molecule has 1 rings (SSSR count). The monoisotopic (exact) mass is 328 g/mol. The standard InChI is InChI=1S/C17H28N2O2.ClH/c1-3-4-7-15(13-18)19-17(20)8-5-6-14-9-11-16(21-2)12-10-14;/h9-12,15H,3-8,13,18H2,1-2H3,(H,19,20);1H. The van der Waals surface area contributed by atoms with Crippen LogP contribution in [0, 0.1) is 0 Å². The smallest absolute Gasteiger partial charge is 0.220 e. The van der Waals surface area contributed by atoms with Gasteiger partial charge in [-0.05, 0) is 37.0 Å². The van der Waals surface area contributed by atoms with Gasteiger partial charge in [-0.3, -0.25) is 4.79 Å². The molecular weight excluding hydrogens is 300 g/mol. The first-order valence-electron chi connectivity index (χ1n) is 7.82. The average Bonchev–Trinajstić information content (AvgIpc) is 2.52. The number of carbonyl (C=O) groups excluding carboxylic acids is 1. The number of rotatable bonds is 10. The van der Waals surface area contributed by atoms with Crippen LogP contribution in [0.5, 0.6) is 5.75 Å². The van der Waals surface area contributed by atoms with Crippen LogP contribution in [0.1, 0.15) is 44.6 Å². The average molecular weight is 329 g/mol. The summed E-state index contributed by atoms with van der Waals surface area (Å²) in [5, 5.41) is 3.02. The van der Waals surface area contributed by atoms with Gasteiger partial charge in [0.25, 0.3) is 0 Å². The minimum Gasteiger partial charge on any atom is -0.497 e. The molecule has 1 unspecified atom stereocenters. The van der Waals surface area contributed by atoms with Crippen molar-refractivity contribution in [2.45, 2.75) is 51.5 Å². The molecule has 22 heavy (non-hydrogen) atoms. The highest BCUT2D eigenvalue weighted by Gasteiger charge is 2.09. The van der Waals surface area contributed by atoms with Crippen LogP contribution in [0.3, 0.4) is 0 Å². The Kier molecular flexibility index (Phi) is 11.6. The summed E-state index contributed by atoms with van der Waals surface area (Å²) in [6, 6.07) is 8.11. The van der Waals surface area contributed by atoms with Crippen LogP contribution in [0.2, 0.25) is 0 Å². The van der Waals surface area contributed by atoms with Crippen molar-refractivity contribution in [3.8, 4) is 5.75 Å². The largest absolute Gasteiger partial charge is 0.497 e. The van der Waals surface area contributed by atoms with Gasteiger partial charge in [0.15, 0.2) is 0 Å². The summed E-state index contributed by atoms with van der Waals surface area (Å²) in [7, 11) is 1.66. The first kappa shape index (κ1) is 20.7. The summed E-state index contributed by atoms with van der Waals surface area (Å²) in [6.07, 6.45) is 5.51. The molecule has 0 saturated heterocycles. The van der Waals surface area contributed by atoms with Gasteiger partial charge in [0.05, 0.1) is 7.11 Å².